The molecule has 0 bridgehead atoms. The van der Waals surface area contributed by atoms with E-state index in [2.05, 4.69) is 32.8 Å². The number of aromatic nitrogens is 4. The first kappa shape index (κ1) is 17.7. The van der Waals surface area contributed by atoms with Gasteiger partial charge in [0.2, 0.25) is 5.91 Å². The van der Waals surface area contributed by atoms with Crippen LogP contribution in [0, 0.1) is 5.92 Å². The average Bonchev–Trinajstić information content (AvgIpc) is 3.38. The first-order chi connectivity index (χ1) is 13.2. The molecule has 0 atom stereocenters. The number of rotatable bonds is 6. The minimum atomic E-state index is 0.0554. The van der Waals surface area contributed by atoms with Gasteiger partial charge in [0, 0.05) is 30.4 Å². The van der Waals surface area contributed by atoms with Crippen LogP contribution in [0.25, 0.3) is 5.65 Å². The predicted molar refractivity (Wildman–Crippen MR) is 106 cm³/mol. The molecule has 0 aromatic carbocycles. The Bertz CT molecular complexity index is 913. The summed E-state index contributed by atoms with van der Waals surface area (Å²) in [7, 11) is 0. The van der Waals surface area contributed by atoms with Crippen LogP contribution in [0.3, 0.4) is 0 Å². The molecule has 0 saturated carbocycles. The molecule has 140 valence electrons. The molecule has 3 aromatic heterocycles. The van der Waals surface area contributed by atoms with Gasteiger partial charge in [0.25, 0.3) is 0 Å². The van der Waals surface area contributed by atoms with Gasteiger partial charge in [0.1, 0.15) is 12.1 Å². The number of nitrogens with zero attached hydrogens (tertiary/aromatic N) is 6. The second-order valence-electron chi connectivity index (χ2n) is 6.67. The van der Waals surface area contributed by atoms with Gasteiger partial charge in [-0.15, -0.1) is 33.2 Å². The van der Waals surface area contributed by atoms with Gasteiger partial charge < -0.3 is 9.80 Å². The highest BCUT2D eigenvalue weighted by atomic mass is 32.1. The van der Waals surface area contributed by atoms with Crippen LogP contribution in [0.4, 0.5) is 5.82 Å². The maximum atomic E-state index is 13.0. The molecule has 1 fully saturated rings. The van der Waals surface area contributed by atoms with E-state index in [0.29, 0.717) is 13.1 Å². The Balaban J connectivity index is 1.39. The van der Waals surface area contributed by atoms with E-state index in [1.54, 1.807) is 28.3 Å². The van der Waals surface area contributed by atoms with Gasteiger partial charge in [-0.25, -0.2) is 0 Å². The fourth-order valence-corrected chi connectivity index (χ4v) is 4.20. The highest BCUT2D eigenvalue weighted by Gasteiger charge is 2.29. The Hall–Kier alpha value is -2.74. The molecule has 0 spiro atoms. The molecule has 1 aliphatic heterocycles. The van der Waals surface area contributed by atoms with Crippen molar-refractivity contribution < 1.29 is 4.79 Å². The summed E-state index contributed by atoms with van der Waals surface area (Å²) in [5.41, 5.74) is 0.734. The van der Waals surface area contributed by atoms with E-state index in [0.717, 1.165) is 37.4 Å². The zero-order valence-corrected chi connectivity index (χ0v) is 15.9. The monoisotopic (exact) mass is 382 g/mol. The molecule has 0 N–H and O–H groups in total. The van der Waals surface area contributed by atoms with Gasteiger partial charge in [0.05, 0.1) is 6.54 Å². The van der Waals surface area contributed by atoms with Crippen molar-refractivity contribution in [1.82, 2.24) is 24.7 Å². The lowest BCUT2D eigenvalue weighted by molar-refractivity contribution is -0.136. The average molecular weight is 382 g/mol. The highest BCUT2D eigenvalue weighted by Crippen LogP contribution is 2.24. The van der Waals surface area contributed by atoms with E-state index in [1.165, 1.54) is 4.88 Å². The minimum Gasteiger partial charge on any atom is -0.355 e. The Labute approximate surface area is 161 Å². The summed E-state index contributed by atoms with van der Waals surface area (Å²) in [6.45, 7) is 6.69. The molecule has 3 aromatic rings. The van der Waals surface area contributed by atoms with Crippen LogP contribution in [0.2, 0.25) is 0 Å². The Kier molecular flexibility index (Phi) is 5.15. The highest BCUT2D eigenvalue weighted by molar-refractivity contribution is 7.09. The van der Waals surface area contributed by atoms with Gasteiger partial charge in [0.15, 0.2) is 5.65 Å². The zero-order chi connectivity index (χ0) is 18.6. The number of fused-ring (bicyclic) bond motifs is 1. The predicted octanol–water partition coefficient (Wildman–Crippen LogP) is 2.62. The van der Waals surface area contributed by atoms with Crippen molar-refractivity contribution in [3.05, 3.63) is 53.5 Å². The van der Waals surface area contributed by atoms with Gasteiger partial charge in [-0.3, -0.25) is 4.79 Å². The summed E-state index contributed by atoms with van der Waals surface area (Å²) in [5, 5.41) is 14.4. The third-order valence-electron chi connectivity index (χ3n) is 4.90. The number of thiophene rings is 1. The van der Waals surface area contributed by atoms with Crippen molar-refractivity contribution in [2.24, 2.45) is 5.92 Å². The van der Waals surface area contributed by atoms with Crippen molar-refractivity contribution in [3.63, 3.8) is 0 Å². The lowest BCUT2D eigenvalue weighted by Gasteiger charge is -2.34. The standard InChI is InChI=1S/C19H22N6OS/c1-2-9-24(13-16-4-3-12-27-16)19(26)15-7-10-23(11-8-15)18-6-5-17-21-20-14-25(17)22-18/h2-6,12,14-15H,1,7-11,13H2. The van der Waals surface area contributed by atoms with Gasteiger partial charge >= 0.3 is 0 Å². The minimum absolute atomic E-state index is 0.0554. The van der Waals surface area contributed by atoms with Crippen molar-refractivity contribution in [2.45, 2.75) is 19.4 Å². The Morgan fingerprint density at radius 1 is 1.33 bits per heavy atom. The molecule has 7 nitrogen and oxygen atoms in total. The van der Waals surface area contributed by atoms with E-state index in [4.69, 9.17) is 0 Å². The van der Waals surface area contributed by atoms with Crippen LogP contribution in [-0.2, 0) is 11.3 Å². The molecule has 1 saturated heterocycles. The number of carbonyl (C=O) groups excluding carboxylic acids is 1. The second kappa shape index (κ2) is 7.87. The summed E-state index contributed by atoms with van der Waals surface area (Å²) in [5.74, 6) is 1.18. The lowest BCUT2D eigenvalue weighted by atomic mass is 9.95. The van der Waals surface area contributed by atoms with E-state index >= 15 is 0 Å². The number of hydrogen-bond acceptors (Lipinski definition) is 6. The number of carbonyl (C=O) groups is 1. The molecule has 4 heterocycles. The first-order valence-electron chi connectivity index (χ1n) is 9.08. The summed E-state index contributed by atoms with van der Waals surface area (Å²) in [6.07, 6.45) is 5.07. The molecule has 0 aliphatic carbocycles. The number of piperidine rings is 1. The topological polar surface area (TPSA) is 66.6 Å². The van der Waals surface area contributed by atoms with E-state index in [1.807, 2.05) is 28.5 Å². The van der Waals surface area contributed by atoms with Gasteiger partial charge in [-0.1, -0.05) is 12.1 Å². The number of hydrogen-bond donors (Lipinski definition) is 0. The molecule has 8 heteroatoms. The van der Waals surface area contributed by atoms with Crippen molar-refractivity contribution in [1.29, 1.82) is 0 Å². The summed E-state index contributed by atoms with van der Waals surface area (Å²) in [6, 6.07) is 7.98. The SMILES string of the molecule is C=CCN(Cc1cccs1)C(=O)C1CCN(c2ccc3nncn3n2)CC1. The van der Waals surface area contributed by atoms with Crippen LogP contribution in [0.5, 0.6) is 0 Å². The molecule has 0 radical (unpaired) electrons. The largest absolute Gasteiger partial charge is 0.355 e. The first-order valence-corrected chi connectivity index (χ1v) is 9.96. The van der Waals surface area contributed by atoms with Crippen molar-refractivity contribution >= 4 is 28.7 Å². The Morgan fingerprint density at radius 2 is 2.19 bits per heavy atom. The maximum Gasteiger partial charge on any atom is 0.226 e. The van der Waals surface area contributed by atoms with Crippen LogP contribution < -0.4 is 4.90 Å². The van der Waals surface area contributed by atoms with Crippen molar-refractivity contribution in [3.8, 4) is 0 Å². The molecular formula is C19H22N6OS. The van der Waals surface area contributed by atoms with Crippen LogP contribution in [0.1, 0.15) is 17.7 Å². The zero-order valence-electron chi connectivity index (χ0n) is 15.1. The Morgan fingerprint density at radius 3 is 2.93 bits per heavy atom. The van der Waals surface area contributed by atoms with E-state index in [-0.39, 0.29) is 11.8 Å². The number of anilines is 1. The molecule has 0 unspecified atom stereocenters. The van der Waals surface area contributed by atoms with Crippen LogP contribution in [-0.4, -0.2) is 50.3 Å². The van der Waals surface area contributed by atoms with Crippen molar-refractivity contribution in [2.75, 3.05) is 24.5 Å². The second-order valence-corrected chi connectivity index (χ2v) is 7.71. The molecule has 1 aliphatic rings. The molecule has 1 amide bonds. The summed E-state index contributed by atoms with van der Waals surface area (Å²) < 4.78 is 1.68. The quantitative estimate of drug-likeness (QED) is 0.613. The normalized spacial score (nSPS) is 15.2. The van der Waals surface area contributed by atoms with Crippen LogP contribution in [0.15, 0.2) is 48.6 Å². The maximum absolute atomic E-state index is 13.0. The molecule has 27 heavy (non-hydrogen) atoms. The fraction of sp³-hybridized carbons (Fsp3) is 0.368. The lowest BCUT2D eigenvalue weighted by Crippen LogP contribution is -2.42. The molecule has 4 rings (SSSR count). The van der Waals surface area contributed by atoms with Gasteiger partial charge in [-0.2, -0.15) is 4.52 Å². The fourth-order valence-electron chi connectivity index (χ4n) is 3.48. The smallest absolute Gasteiger partial charge is 0.226 e. The third-order valence-corrected chi connectivity index (χ3v) is 5.76. The third kappa shape index (κ3) is 3.85. The van der Waals surface area contributed by atoms with Crippen LogP contribution >= 0.6 is 11.3 Å². The number of amides is 1. The van der Waals surface area contributed by atoms with Gasteiger partial charge in [-0.05, 0) is 36.4 Å². The van der Waals surface area contributed by atoms with E-state index in [9.17, 15) is 4.79 Å². The van der Waals surface area contributed by atoms with E-state index < -0.39 is 0 Å². The summed E-state index contributed by atoms with van der Waals surface area (Å²) in [4.78, 5) is 18.4. The summed E-state index contributed by atoms with van der Waals surface area (Å²) >= 11 is 1.68. The molecular weight excluding hydrogens is 360 g/mol.